The molecule has 0 saturated heterocycles. The molecule has 3 rings (SSSR count). The quantitative estimate of drug-likeness (QED) is 0.764. The molecule has 120 valence electrons. The summed E-state index contributed by atoms with van der Waals surface area (Å²) in [6.07, 6.45) is 0. The van der Waals surface area contributed by atoms with Gasteiger partial charge in [0.2, 0.25) is 0 Å². The van der Waals surface area contributed by atoms with Crippen LogP contribution < -0.4 is 5.32 Å². The van der Waals surface area contributed by atoms with Gasteiger partial charge in [0.15, 0.2) is 5.13 Å². The number of aryl methyl sites for hydroxylation is 1. The molecule has 0 radical (unpaired) electrons. The van der Waals surface area contributed by atoms with E-state index in [1.807, 2.05) is 38.1 Å². The van der Waals surface area contributed by atoms with Crippen LogP contribution in [0.5, 0.6) is 0 Å². The number of aromatic nitrogens is 2. The monoisotopic (exact) mass is 346 g/mol. The van der Waals surface area contributed by atoms with Crippen molar-refractivity contribution in [1.29, 1.82) is 0 Å². The highest BCUT2D eigenvalue weighted by atomic mass is 32.1. The average molecular weight is 346 g/mol. The Kier molecular flexibility index (Phi) is 4.58. The first-order chi connectivity index (χ1) is 11.1. The first-order valence-corrected chi connectivity index (χ1v) is 9.03. The van der Waals surface area contributed by atoms with Crippen LogP contribution >= 0.6 is 22.7 Å². The van der Waals surface area contributed by atoms with Crippen LogP contribution in [0.25, 0.3) is 10.2 Å². The molecule has 1 amide bonds. The lowest BCUT2D eigenvalue weighted by Gasteiger charge is -2.14. The molecule has 2 heterocycles. The van der Waals surface area contributed by atoms with Crippen LogP contribution in [0.2, 0.25) is 0 Å². The number of anilines is 1. The fourth-order valence-electron chi connectivity index (χ4n) is 2.26. The van der Waals surface area contributed by atoms with Crippen molar-refractivity contribution in [3.8, 4) is 0 Å². The maximum atomic E-state index is 12.6. The van der Waals surface area contributed by atoms with Gasteiger partial charge in [0, 0.05) is 13.6 Å². The van der Waals surface area contributed by atoms with Crippen LogP contribution in [0.1, 0.15) is 27.3 Å². The summed E-state index contributed by atoms with van der Waals surface area (Å²) in [5.74, 6) is -0.0107. The number of carbonyl (C=O) groups is 1. The molecule has 1 N–H and O–H groups in total. The number of hydrogen-bond donors (Lipinski definition) is 1. The zero-order chi connectivity index (χ0) is 16.4. The molecule has 0 aliphatic heterocycles. The fourth-order valence-corrected chi connectivity index (χ4v) is 4.31. The molecule has 2 aromatic heterocycles. The van der Waals surface area contributed by atoms with Gasteiger partial charge in [-0.3, -0.25) is 4.79 Å². The van der Waals surface area contributed by atoms with Crippen LogP contribution in [0.3, 0.4) is 0 Å². The number of para-hydroxylation sites is 1. The number of thiazole rings is 2. The average Bonchev–Trinajstić information content (AvgIpc) is 3.09. The lowest BCUT2D eigenvalue weighted by molar-refractivity contribution is 0.0789. The van der Waals surface area contributed by atoms with Gasteiger partial charge in [-0.1, -0.05) is 23.5 Å². The molecule has 3 aromatic rings. The molecule has 0 saturated carbocycles. The van der Waals surface area contributed by atoms with Crippen molar-refractivity contribution in [2.45, 2.75) is 20.4 Å². The predicted molar refractivity (Wildman–Crippen MR) is 96.4 cm³/mol. The Morgan fingerprint density at radius 2 is 2.04 bits per heavy atom. The molecule has 0 atom stereocenters. The number of benzene rings is 1. The third-order valence-electron chi connectivity index (χ3n) is 3.38. The number of nitrogens with one attached hydrogen (secondary N) is 1. The number of carbonyl (C=O) groups excluding carboxylic acids is 1. The number of amides is 1. The summed E-state index contributed by atoms with van der Waals surface area (Å²) < 4.78 is 1.15. The highest BCUT2D eigenvalue weighted by Gasteiger charge is 2.20. The molecule has 0 fully saturated rings. The van der Waals surface area contributed by atoms with Crippen molar-refractivity contribution in [2.75, 3.05) is 18.9 Å². The largest absolute Gasteiger partial charge is 0.362 e. The summed E-state index contributed by atoms with van der Waals surface area (Å²) in [6.45, 7) is 5.18. The van der Waals surface area contributed by atoms with E-state index in [-0.39, 0.29) is 5.91 Å². The van der Waals surface area contributed by atoms with Gasteiger partial charge in [0.1, 0.15) is 9.88 Å². The van der Waals surface area contributed by atoms with Gasteiger partial charge in [-0.05, 0) is 26.0 Å². The lowest BCUT2D eigenvalue weighted by atomic mass is 10.3. The zero-order valence-electron chi connectivity index (χ0n) is 13.3. The third-order valence-corrected chi connectivity index (χ3v) is 5.50. The van der Waals surface area contributed by atoms with Gasteiger partial charge in [0.25, 0.3) is 5.91 Å². The van der Waals surface area contributed by atoms with Crippen LogP contribution in [-0.4, -0.2) is 34.4 Å². The molecule has 0 aliphatic carbocycles. The Morgan fingerprint density at radius 1 is 1.26 bits per heavy atom. The van der Waals surface area contributed by atoms with Gasteiger partial charge < -0.3 is 10.2 Å². The van der Waals surface area contributed by atoms with Gasteiger partial charge in [0.05, 0.1) is 22.5 Å². The molecular weight excluding hydrogens is 328 g/mol. The van der Waals surface area contributed by atoms with E-state index in [0.29, 0.717) is 11.4 Å². The van der Waals surface area contributed by atoms with Gasteiger partial charge in [-0.25, -0.2) is 9.97 Å². The highest BCUT2D eigenvalue weighted by molar-refractivity contribution is 7.18. The van der Waals surface area contributed by atoms with Crippen molar-refractivity contribution >= 4 is 43.9 Å². The lowest BCUT2D eigenvalue weighted by Crippen LogP contribution is -2.25. The van der Waals surface area contributed by atoms with Crippen molar-refractivity contribution < 1.29 is 4.79 Å². The Labute approximate surface area is 143 Å². The molecule has 1 aromatic carbocycles. The topological polar surface area (TPSA) is 58.1 Å². The van der Waals surface area contributed by atoms with E-state index < -0.39 is 0 Å². The van der Waals surface area contributed by atoms with E-state index in [0.717, 1.165) is 32.6 Å². The van der Waals surface area contributed by atoms with E-state index in [2.05, 4.69) is 15.3 Å². The molecular formula is C16H18N4OS2. The van der Waals surface area contributed by atoms with Crippen molar-refractivity contribution in [1.82, 2.24) is 14.9 Å². The molecule has 0 spiro atoms. The number of fused-ring (bicyclic) bond motifs is 1. The SMILES string of the molecule is CCNc1nc(C)c(C(=O)N(C)Cc2nc3ccccc3s2)s1. The minimum Gasteiger partial charge on any atom is -0.362 e. The molecule has 23 heavy (non-hydrogen) atoms. The minimum atomic E-state index is -0.0107. The summed E-state index contributed by atoms with van der Waals surface area (Å²) in [5.41, 5.74) is 1.75. The fraction of sp³-hybridized carbons (Fsp3) is 0.312. The highest BCUT2D eigenvalue weighted by Crippen LogP contribution is 2.26. The summed E-state index contributed by atoms with van der Waals surface area (Å²) in [4.78, 5) is 24.0. The second-order valence-electron chi connectivity index (χ2n) is 5.20. The summed E-state index contributed by atoms with van der Waals surface area (Å²) >= 11 is 3.03. The summed E-state index contributed by atoms with van der Waals surface area (Å²) in [5, 5.41) is 4.89. The van der Waals surface area contributed by atoms with Gasteiger partial charge in [-0.15, -0.1) is 11.3 Å². The number of rotatable bonds is 5. The Hall–Kier alpha value is -1.99. The first-order valence-electron chi connectivity index (χ1n) is 7.39. The molecule has 0 unspecified atom stereocenters. The van der Waals surface area contributed by atoms with Crippen LogP contribution in [0.15, 0.2) is 24.3 Å². The maximum absolute atomic E-state index is 12.6. The standard InChI is InChI=1S/C16H18N4OS2/c1-4-17-16-18-10(2)14(23-16)15(21)20(3)9-13-19-11-7-5-6-8-12(11)22-13/h5-8H,4,9H2,1-3H3,(H,17,18). The second-order valence-corrected chi connectivity index (χ2v) is 7.31. The van der Waals surface area contributed by atoms with E-state index in [1.54, 1.807) is 23.3 Å². The van der Waals surface area contributed by atoms with Crippen LogP contribution in [-0.2, 0) is 6.54 Å². The first kappa shape index (κ1) is 15.9. The third kappa shape index (κ3) is 3.35. The van der Waals surface area contributed by atoms with E-state index in [4.69, 9.17) is 0 Å². The van der Waals surface area contributed by atoms with Crippen molar-refractivity contribution in [3.63, 3.8) is 0 Å². The van der Waals surface area contributed by atoms with E-state index >= 15 is 0 Å². The van der Waals surface area contributed by atoms with Gasteiger partial charge >= 0.3 is 0 Å². The Bertz CT molecular complexity index is 807. The Morgan fingerprint density at radius 3 is 2.78 bits per heavy atom. The van der Waals surface area contributed by atoms with E-state index in [1.165, 1.54) is 11.3 Å². The zero-order valence-corrected chi connectivity index (χ0v) is 14.9. The van der Waals surface area contributed by atoms with Crippen molar-refractivity contribution in [2.24, 2.45) is 0 Å². The molecule has 5 nitrogen and oxygen atoms in total. The van der Waals surface area contributed by atoms with Gasteiger partial charge in [-0.2, -0.15) is 0 Å². The maximum Gasteiger partial charge on any atom is 0.266 e. The van der Waals surface area contributed by atoms with Crippen LogP contribution in [0, 0.1) is 6.92 Å². The number of hydrogen-bond acceptors (Lipinski definition) is 6. The summed E-state index contributed by atoms with van der Waals surface area (Å²) in [7, 11) is 1.81. The second kappa shape index (κ2) is 6.64. The van der Waals surface area contributed by atoms with Crippen LogP contribution in [0.4, 0.5) is 5.13 Å². The Balaban J connectivity index is 1.76. The van der Waals surface area contributed by atoms with Crippen molar-refractivity contribution in [3.05, 3.63) is 39.8 Å². The normalized spacial score (nSPS) is 10.9. The number of nitrogens with zero attached hydrogens (tertiary/aromatic N) is 3. The molecule has 0 aliphatic rings. The molecule has 0 bridgehead atoms. The predicted octanol–water partition coefficient (Wildman–Crippen LogP) is 3.77. The smallest absolute Gasteiger partial charge is 0.266 e. The minimum absolute atomic E-state index is 0.0107. The molecule has 7 heteroatoms. The van der Waals surface area contributed by atoms with E-state index in [9.17, 15) is 4.79 Å². The summed E-state index contributed by atoms with van der Waals surface area (Å²) in [6, 6.07) is 8.02.